The first-order chi connectivity index (χ1) is 10.8. The number of carbonyl (C=O) groups is 1. The van der Waals surface area contributed by atoms with E-state index in [1.165, 1.54) is 6.08 Å². The fourth-order valence-electron chi connectivity index (χ4n) is 2.09. The van der Waals surface area contributed by atoms with Gasteiger partial charge in [0, 0.05) is 0 Å². The average molecular weight is 306 g/mol. The maximum absolute atomic E-state index is 12.1. The third-order valence-electron chi connectivity index (χ3n) is 3.22. The standard InChI is InChI=1S/C20H18O2.CH4/c1-3-16-10-4-5-11-17(16)12-6-8-14-19(21)18-13-7-9-15-20(18)22-2;/h3-15H,1H2,2H3;1H4/b12-6+,14-8+;. The summed E-state index contributed by atoms with van der Waals surface area (Å²) in [5.41, 5.74) is 2.68. The van der Waals surface area contributed by atoms with Crippen LogP contribution in [0.1, 0.15) is 28.9 Å². The van der Waals surface area contributed by atoms with Crippen molar-refractivity contribution in [3.8, 4) is 5.75 Å². The lowest BCUT2D eigenvalue weighted by atomic mass is 10.1. The first kappa shape index (κ1) is 18.2. The van der Waals surface area contributed by atoms with Gasteiger partial charge in [-0.2, -0.15) is 0 Å². The highest BCUT2D eigenvalue weighted by Gasteiger charge is 2.07. The Morgan fingerprint density at radius 2 is 1.65 bits per heavy atom. The Morgan fingerprint density at radius 1 is 1.00 bits per heavy atom. The Bertz CT molecular complexity index is 724. The van der Waals surface area contributed by atoms with Crippen LogP contribution in [-0.4, -0.2) is 12.9 Å². The molecule has 2 heteroatoms. The van der Waals surface area contributed by atoms with E-state index in [0.29, 0.717) is 11.3 Å². The summed E-state index contributed by atoms with van der Waals surface area (Å²) >= 11 is 0. The normalized spacial score (nSPS) is 10.5. The van der Waals surface area contributed by atoms with E-state index in [1.807, 2.05) is 54.6 Å². The largest absolute Gasteiger partial charge is 0.496 e. The molecule has 2 aromatic rings. The minimum atomic E-state index is -0.0842. The van der Waals surface area contributed by atoms with Gasteiger partial charge in [0.1, 0.15) is 5.75 Å². The fourth-order valence-corrected chi connectivity index (χ4v) is 2.09. The average Bonchev–Trinajstić information content (AvgIpc) is 2.58. The van der Waals surface area contributed by atoms with E-state index in [9.17, 15) is 4.79 Å². The lowest BCUT2D eigenvalue weighted by molar-refractivity contribution is 0.104. The highest BCUT2D eigenvalue weighted by Crippen LogP contribution is 2.18. The van der Waals surface area contributed by atoms with Crippen molar-refractivity contribution in [2.45, 2.75) is 7.43 Å². The van der Waals surface area contributed by atoms with E-state index in [4.69, 9.17) is 4.74 Å². The molecule has 0 bridgehead atoms. The molecule has 2 aromatic carbocycles. The molecule has 0 saturated heterocycles. The molecular formula is C21H22O2. The maximum Gasteiger partial charge on any atom is 0.189 e. The second-order valence-electron chi connectivity index (χ2n) is 4.62. The van der Waals surface area contributed by atoms with E-state index in [-0.39, 0.29) is 13.2 Å². The number of rotatable bonds is 6. The van der Waals surface area contributed by atoms with Crippen molar-refractivity contribution in [2.24, 2.45) is 0 Å². The molecular weight excluding hydrogens is 284 g/mol. The van der Waals surface area contributed by atoms with Crippen molar-refractivity contribution in [1.82, 2.24) is 0 Å². The number of ketones is 1. The van der Waals surface area contributed by atoms with Crippen LogP contribution in [0.5, 0.6) is 5.75 Å². The molecule has 0 N–H and O–H groups in total. The van der Waals surface area contributed by atoms with Crippen molar-refractivity contribution in [3.63, 3.8) is 0 Å². The Morgan fingerprint density at radius 3 is 2.35 bits per heavy atom. The fraction of sp³-hybridized carbons (Fsp3) is 0.0952. The summed E-state index contributed by atoms with van der Waals surface area (Å²) in [7, 11) is 1.56. The van der Waals surface area contributed by atoms with Gasteiger partial charge in [0.2, 0.25) is 0 Å². The summed E-state index contributed by atoms with van der Waals surface area (Å²) in [6.07, 6.45) is 8.86. The molecule has 0 atom stereocenters. The zero-order chi connectivity index (χ0) is 15.8. The van der Waals surface area contributed by atoms with Crippen molar-refractivity contribution in [2.75, 3.05) is 7.11 Å². The minimum absolute atomic E-state index is 0. The second-order valence-corrected chi connectivity index (χ2v) is 4.62. The third kappa shape index (κ3) is 4.82. The number of methoxy groups -OCH3 is 1. The van der Waals surface area contributed by atoms with Crippen molar-refractivity contribution < 1.29 is 9.53 Å². The van der Waals surface area contributed by atoms with Gasteiger partial charge in [-0.25, -0.2) is 0 Å². The molecule has 0 saturated carbocycles. The van der Waals surface area contributed by atoms with E-state index < -0.39 is 0 Å². The number of hydrogen-bond acceptors (Lipinski definition) is 2. The summed E-state index contributed by atoms with van der Waals surface area (Å²) in [5.74, 6) is 0.497. The van der Waals surface area contributed by atoms with Crippen LogP contribution in [0.15, 0.2) is 73.3 Å². The van der Waals surface area contributed by atoms with Gasteiger partial charge < -0.3 is 4.74 Å². The molecule has 0 amide bonds. The summed E-state index contributed by atoms with van der Waals surface area (Å²) in [4.78, 5) is 12.1. The van der Waals surface area contributed by atoms with Gasteiger partial charge in [-0.1, -0.05) is 74.7 Å². The molecule has 0 unspecified atom stereocenters. The van der Waals surface area contributed by atoms with Crippen LogP contribution < -0.4 is 4.74 Å². The van der Waals surface area contributed by atoms with Crippen LogP contribution in [0, 0.1) is 0 Å². The number of para-hydroxylation sites is 1. The van der Waals surface area contributed by atoms with E-state index in [1.54, 1.807) is 25.3 Å². The van der Waals surface area contributed by atoms with Crippen LogP contribution in [-0.2, 0) is 0 Å². The zero-order valence-electron chi connectivity index (χ0n) is 12.5. The van der Waals surface area contributed by atoms with Crippen LogP contribution in [0.3, 0.4) is 0 Å². The van der Waals surface area contributed by atoms with Gasteiger partial charge in [0.05, 0.1) is 12.7 Å². The molecule has 0 aliphatic heterocycles. The molecule has 0 fully saturated rings. The molecule has 0 aliphatic rings. The van der Waals surface area contributed by atoms with E-state index in [2.05, 4.69) is 6.58 Å². The highest BCUT2D eigenvalue weighted by atomic mass is 16.5. The Labute approximate surface area is 138 Å². The molecule has 0 spiro atoms. The topological polar surface area (TPSA) is 26.3 Å². The molecule has 0 radical (unpaired) electrons. The highest BCUT2D eigenvalue weighted by molar-refractivity contribution is 6.06. The molecule has 23 heavy (non-hydrogen) atoms. The summed E-state index contributed by atoms with van der Waals surface area (Å²) in [5, 5.41) is 0. The summed E-state index contributed by atoms with van der Waals surface area (Å²) in [6.45, 7) is 3.79. The Kier molecular flexibility index (Phi) is 7.28. The third-order valence-corrected chi connectivity index (χ3v) is 3.22. The quantitative estimate of drug-likeness (QED) is 0.404. The van der Waals surface area contributed by atoms with Gasteiger partial charge in [-0.15, -0.1) is 0 Å². The van der Waals surface area contributed by atoms with Crippen LogP contribution in [0.2, 0.25) is 0 Å². The van der Waals surface area contributed by atoms with Crippen LogP contribution >= 0.6 is 0 Å². The predicted octanol–water partition coefficient (Wildman–Crippen LogP) is 5.43. The summed E-state index contributed by atoms with van der Waals surface area (Å²) < 4.78 is 5.19. The second kappa shape index (κ2) is 9.21. The molecule has 118 valence electrons. The first-order valence-electron chi connectivity index (χ1n) is 7.00. The first-order valence-corrected chi connectivity index (χ1v) is 7.00. The Hall–Kier alpha value is -2.87. The molecule has 0 aromatic heterocycles. The van der Waals surface area contributed by atoms with Gasteiger partial charge in [0.15, 0.2) is 5.78 Å². The van der Waals surface area contributed by atoms with E-state index in [0.717, 1.165) is 11.1 Å². The van der Waals surface area contributed by atoms with Gasteiger partial charge in [-0.05, 0) is 29.3 Å². The maximum atomic E-state index is 12.1. The van der Waals surface area contributed by atoms with Crippen molar-refractivity contribution in [1.29, 1.82) is 0 Å². The van der Waals surface area contributed by atoms with Gasteiger partial charge in [-0.3, -0.25) is 4.79 Å². The van der Waals surface area contributed by atoms with Crippen LogP contribution in [0.4, 0.5) is 0 Å². The van der Waals surface area contributed by atoms with Gasteiger partial charge in [0.25, 0.3) is 0 Å². The molecule has 0 aliphatic carbocycles. The number of allylic oxidation sites excluding steroid dienone is 3. The van der Waals surface area contributed by atoms with Crippen molar-refractivity contribution in [3.05, 3.63) is 90.0 Å². The monoisotopic (exact) mass is 306 g/mol. The van der Waals surface area contributed by atoms with E-state index >= 15 is 0 Å². The SMILES string of the molecule is C.C=Cc1ccccc1/C=C/C=C/C(=O)c1ccccc1OC. The predicted molar refractivity (Wildman–Crippen MR) is 98.8 cm³/mol. The minimum Gasteiger partial charge on any atom is -0.496 e. The lowest BCUT2D eigenvalue weighted by Crippen LogP contribution is -1.98. The molecule has 2 rings (SSSR count). The number of ether oxygens (including phenoxy) is 1. The molecule has 2 nitrogen and oxygen atoms in total. The van der Waals surface area contributed by atoms with Crippen molar-refractivity contribution >= 4 is 17.9 Å². The molecule has 0 heterocycles. The van der Waals surface area contributed by atoms with Gasteiger partial charge >= 0.3 is 0 Å². The lowest BCUT2D eigenvalue weighted by Gasteiger charge is -2.03. The number of hydrogen-bond donors (Lipinski definition) is 0. The zero-order valence-corrected chi connectivity index (χ0v) is 12.5. The smallest absolute Gasteiger partial charge is 0.189 e. The summed E-state index contributed by atoms with van der Waals surface area (Å²) in [6, 6.07) is 15.1. The Balaban J connectivity index is 0.00000264. The van der Waals surface area contributed by atoms with Crippen LogP contribution in [0.25, 0.3) is 12.2 Å². The number of carbonyl (C=O) groups excluding carboxylic acids is 1. The number of benzene rings is 2.